The number of thioether (sulfide) groups is 1. The first-order chi connectivity index (χ1) is 14.6. The Morgan fingerprint density at radius 1 is 1.13 bits per heavy atom. The number of hydrogen-bond acceptors (Lipinski definition) is 4. The lowest BCUT2D eigenvalue weighted by Crippen LogP contribution is -2.29. The highest BCUT2D eigenvalue weighted by Gasteiger charge is 2.41. The molecular weight excluding hydrogens is 422 g/mol. The molecule has 2 aliphatic rings. The second-order valence-corrected chi connectivity index (χ2v) is 10.3. The second kappa shape index (κ2) is 8.27. The van der Waals surface area contributed by atoms with Crippen molar-refractivity contribution in [2.45, 2.75) is 42.8 Å². The molecule has 0 saturated heterocycles. The number of para-hydroxylation sites is 1. The Morgan fingerprint density at radius 2 is 1.93 bits per heavy atom. The maximum absolute atomic E-state index is 13.5. The van der Waals surface area contributed by atoms with Gasteiger partial charge in [0.05, 0.1) is 15.9 Å². The van der Waals surface area contributed by atoms with Gasteiger partial charge < -0.3 is 0 Å². The van der Waals surface area contributed by atoms with Gasteiger partial charge in [-0.15, -0.1) is 0 Å². The first-order valence-corrected chi connectivity index (χ1v) is 12.0. The molecule has 2 saturated carbocycles. The molecule has 0 radical (unpaired) electrons. The Balaban J connectivity index is 1.46. The van der Waals surface area contributed by atoms with Gasteiger partial charge in [0, 0.05) is 11.3 Å². The predicted molar refractivity (Wildman–Crippen MR) is 119 cm³/mol. The Bertz CT molecular complexity index is 1020. The molecule has 156 valence electrons. The van der Waals surface area contributed by atoms with Gasteiger partial charge in [0.1, 0.15) is 0 Å². The fourth-order valence-corrected chi connectivity index (χ4v) is 6.54. The maximum atomic E-state index is 13.5. The molecule has 3 nitrogen and oxygen atoms in total. The number of carbonyl (C=O) groups is 1. The number of rotatable bonds is 6. The van der Waals surface area contributed by atoms with E-state index >= 15 is 0 Å². The number of hydrogen-bond donors (Lipinski definition) is 0. The second-order valence-electron chi connectivity index (χ2n) is 8.20. The molecule has 2 aliphatic carbocycles. The van der Waals surface area contributed by atoms with Crippen LogP contribution in [0.4, 0.5) is 19.6 Å². The van der Waals surface area contributed by atoms with Crippen molar-refractivity contribution < 1.29 is 13.6 Å². The third-order valence-corrected chi connectivity index (χ3v) is 8.11. The van der Waals surface area contributed by atoms with Crippen LogP contribution in [0.25, 0.3) is 10.2 Å². The van der Waals surface area contributed by atoms with Crippen LogP contribution in [0.3, 0.4) is 0 Å². The van der Waals surface area contributed by atoms with E-state index in [-0.39, 0.29) is 5.91 Å². The molecule has 2 aromatic carbocycles. The monoisotopic (exact) mass is 444 g/mol. The molecule has 1 amide bonds. The van der Waals surface area contributed by atoms with Crippen molar-refractivity contribution in [1.29, 1.82) is 0 Å². The van der Waals surface area contributed by atoms with Crippen molar-refractivity contribution >= 4 is 50.0 Å². The number of thiazole rings is 1. The summed E-state index contributed by atoms with van der Waals surface area (Å²) in [6.07, 6.45) is 5.47. The molecule has 30 heavy (non-hydrogen) atoms. The predicted octanol–water partition coefficient (Wildman–Crippen LogP) is 7.10. The standard InChI is InChI=1S/C23H22F2N2OS2/c24-22(25)29-18-9-7-17(8-10-18)27(23-26-19-3-1-2-4-20(19)30-23)21(28)13-16-12-14-5-6-15(16)11-14/h1-4,7-10,14-16,22H,5-6,11-13H2/t14-,15+,16+/m1/s1. The van der Waals surface area contributed by atoms with Crippen molar-refractivity contribution in [2.75, 3.05) is 4.90 Å². The number of aromatic nitrogens is 1. The van der Waals surface area contributed by atoms with E-state index in [2.05, 4.69) is 0 Å². The van der Waals surface area contributed by atoms with Crippen molar-refractivity contribution in [3.63, 3.8) is 0 Å². The summed E-state index contributed by atoms with van der Waals surface area (Å²) in [6, 6.07) is 14.6. The Labute approximate surface area is 182 Å². The Morgan fingerprint density at radius 3 is 2.60 bits per heavy atom. The smallest absolute Gasteiger partial charge is 0.274 e. The SMILES string of the molecule is O=C(C[C@@H]1C[C@@H]2CC[C@H]1C2)N(c1ccc(SC(F)F)cc1)c1nc2ccccc2s1. The molecule has 0 aliphatic heterocycles. The maximum Gasteiger partial charge on any atom is 0.288 e. The summed E-state index contributed by atoms with van der Waals surface area (Å²) in [5.41, 5.74) is 1.54. The zero-order valence-corrected chi connectivity index (χ0v) is 18.0. The lowest BCUT2D eigenvalue weighted by Gasteiger charge is -2.25. The first-order valence-electron chi connectivity index (χ1n) is 10.3. The van der Waals surface area contributed by atoms with Crippen LogP contribution in [0.2, 0.25) is 0 Å². The van der Waals surface area contributed by atoms with Crippen molar-refractivity contribution in [1.82, 2.24) is 4.98 Å². The minimum Gasteiger partial charge on any atom is -0.274 e. The summed E-state index contributed by atoms with van der Waals surface area (Å²) < 4.78 is 26.4. The molecule has 1 heterocycles. The molecule has 5 rings (SSSR count). The van der Waals surface area contributed by atoms with Gasteiger partial charge in [0.2, 0.25) is 5.91 Å². The minimum absolute atomic E-state index is 0.0425. The first kappa shape index (κ1) is 19.9. The molecule has 3 atom stereocenters. The zero-order valence-electron chi connectivity index (χ0n) is 16.3. The van der Waals surface area contributed by atoms with Crippen LogP contribution < -0.4 is 4.90 Å². The van der Waals surface area contributed by atoms with Crippen LogP contribution in [0, 0.1) is 17.8 Å². The van der Waals surface area contributed by atoms with Crippen LogP contribution in [0.5, 0.6) is 0 Å². The van der Waals surface area contributed by atoms with E-state index in [4.69, 9.17) is 4.98 Å². The van der Waals surface area contributed by atoms with Gasteiger partial charge in [-0.25, -0.2) is 4.98 Å². The van der Waals surface area contributed by atoms with E-state index < -0.39 is 5.76 Å². The third kappa shape index (κ3) is 3.97. The normalized spacial score (nSPS) is 22.8. The van der Waals surface area contributed by atoms with Gasteiger partial charge in [0.25, 0.3) is 5.76 Å². The van der Waals surface area contributed by atoms with Gasteiger partial charge in [-0.2, -0.15) is 8.78 Å². The molecule has 0 unspecified atom stereocenters. The van der Waals surface area contributed by atoms with Crippen LogP contribution in [0.1, 0.15) is 32.1 Å². The summed E-state index contributed by atoms with van der Waals surface area (Å²) in [5, 5.41) is 0.638. The van der Waals surface area contributed by atoms with Crippen LogP contribution in [-0.2, 0) is 4.79 Å². The van der Waals surface area contributed by atoms with Gasteiger partial charge in [0.15, 0.2) is 5.13 Å². The summed E-state index contributed by atoms with van der Waals surface area (Å²) in [4.78, 5) is 20.4. The highest BCUT2D eigenvalue weighted by molar-refractivity contribution is 7.99. The minimum atomic E-state index is -2.46. The number of carbonyl (C=O) groups excluding carboxylic acids is 1. The summed E-state index contributed by atoms with van der Waals surface area (Å²) in [5.74, 6) is -0.520. The van der Waals surface area contributed by atoms with Gasteiger partial charge in [-0.1, -0.05) is 41.7 Å². The molecule has 2 fully saturated rings. The van der Waals surface area contributed by atoms with Crippen molar-refractivity contribution in [3.8, 4) is 0 Å². The largest absolute Gasteiger partial charge is 0.288 e. The highest BCUT2D eigenvalue weighted by atomic mass is 32.2. The summed E-state index contributed by atoms with van der Waals surface area (Å²) in [7, 11) is 0. The van der Waals surface area contributed by atoms with Crippen molar-refractivity contribution in [3.05, 3.63) is 48.5 Å². The molecule has 1 aromatic heterocycles. The van der Waals surface area contributed by atoms with E-state index in [9.17, 15) is 13.6 Å². The number of halogens is 2. The van der Waals surface area contributed by atoms with Gasteiger partial charge >= 0.3 is 0 Å². The molecule has 7 heteroatoms. The number of amides is 1. The molecule has 0 spiro atoms. The van der Waals surface area contributed by atoms with E-state index in [0.717, 1.165) is 22.6 Å². The average Bonchev–Trinajstić information content (AvgIpc) is 3.44. The van der Waals surface area contributed by atoms with Crippen LogP contribution in [0.15, 0.2) is 53.4 Å². The van der Waals surface area contributed by atoms with E-state index in [0.29, 0.717) is 45.7 Å². The van der Waals surface area contributed by atoms with Gasteiger partial charge in [-0.05, 0) is 73.4 Å². The summed E-state index contributed by atoms with van der Waals surface area (Å²) >= 11 is 2.00. The van der Waals surface area contributed by atoms with Crippen molar-refractivity contribution in [2.24, 2.45) is 17.8 Å². The number of nitrogens with zero attached hydrogens (tertiary/aromatic N) is 2. The molecule has 3 aromatic rings. The number of alkyl halides is 2. The van der Waals surface area contributed by atoms with Gasteiger partial charge in [-0.3, -0.25) is 9.69 Å². The lowest BCUT2D eigenvalue weighted by atomic mass is 9.86. The zero-order chi connectivity index (χ0) is 20.7. The number of benzene rings is 2. The third-order valence-electron chi connectivity index (χ3n) is 6.36. The van der Waals surface area contributed by atoms with Crippen LogP contribution >= 0.6 is 23.1 Å². The molecule has 0 N–H and O–H groups in total. The highest BCUT2D eigenvalue weighted by Crippen LogP contribution is 2.50. The molecular formula is C23H22F2N2OS2. The lowest BCUT2D eigenvalue weighted by molar-refractivity contribution is -0.119. The Hall–Kier alpha value is -1.99. The quantitative estimate of drug-likeness (QED) is 0.380. The fourth-order valence-electron chi connectivity index (χ4n) is 5.04. The number of anilines is 2. The fraction of sp³-hybridized carbons (Fsp3) is 0.391. The molecule has 2 bridgehead atoms. The Kier molecular flexibility index (Phi) is 5.50. The topological polar surface area (TPSA) is 33.2 Å². The van der Waals surface area contributed by atoms with E-state index in [1.165, 1.54) is 30.6 Å². The van der Waals surface area contributed by atoms with Crippen LogP contribution in [-0.4, -0.2) is 16.6 Å². The number of fused-ring (bicyclic) bond motifs is 3. The average molecular weight is 445 g/mol. The van der Waals surface area contributed by atoms with E-state index in [1.807, 2.05) is 24.3 Å². The summed E-state index contributed by atoms with van der Waals surface area (Å²) in [6.45, 7) is 0. The van der Waals surface area contributed by atoms with E-state index in [1.54, 1.807) is 29.2 Å².